The third kappa shape index (κ3) is 2.61. The van der Waals surface area contributed by atoms with E-state index >= 15 is 0 Å². The molecule has 0 aromatic heterocycles. The second-order valence-corrected chi connectivity index (χ2v) is 7.49. The highest BCUT2D eigenvalue weighted by Crippen LogP contribution is 2.48. The Balaban J connectivity index is 1.62. The molecule has 0 amide bonds. The summed E-state index contributed by atoms with van der Waals surface area (Å²) in [6, 6.07) is 27.1. The molecule has 2 aliphatic rings. The van der Waals surface area contributed by atoms with Gasteiger partial charge in [0.05, 0.1) is 11.8 Å². The summed E-state index contributed by atoms with van der Waals surface area (Å²) < 4.78 is 7.43. The minimum Gasteiger partial charge on any atom is -0.464 e. The minimum atomic E-state index is -0.212. The molecule has 0 spiro atoms. The van der Waals surface area contributed by atoms with Gasteiger partial charge < -0.3 is 4.74 Å². The van der Waals surface area contributed by atoms with Gasteiger partial charge in [-0.05, 0) is 23.8 Å². The maximum absolute atomic E-state index is 6.37. The largest absolute Gasteiger partial charge is 0.464 e. The summed E-state index contributed by atoms with van der Waals surface area (Å²) in [5, 5.41) is 7.09. The van der Waals surface area contributed by atoms with Crippen molar-refractivity contribution in [3.8, 4) is 5.75 Å². The molecule has 0 unspecified atom stereocenters. The van der Waals surface area contributed by atoms with E-state index in [0.717, 1.165) is 27.9 Å². The van der Waals surface area contributed by atoms with Crippen LogP contribution in [0.3, 0.4) is 0 Å². The van der Waals surface area contributed by atoms with Crippen molar-refractivity contribution in [2.75, 3.05) is 0 Å². The highest BCUT2D eigenvalue weighted by molar-refractivity contribution is 9.10. The standard InChI is InChI=1S/C22H17BrN2O/c23-17-11-12-21-18(13-17)20-14-19(15-7-3-1-4-8-15)24-25(20)22(26-21)16-9-5-2-6-10-16/h1-13,20,22H,14H2/t20-,22+/m1/s1. The Kier molecular flexibility index (Phi) is 3.79. The third-order valence-electron chi connectivity index (χ3n) is 4.94. The van der Waals surface area contributed by atoms with Crippen LogP contribution in [0.2, 0.25) is 0 Å². The zero-order chi connectivity index (χ0) is 17.5. The van der Waals surface area contributed by atoms with Gasteiger partial charge >= 0.3 is 0 Å². The van der Waals surface area contributed by atoms with E-state index in [-0.39, 0.29) is 12.3 Å². The van der Waals surface area contributed by atoms with Crippen molar-refractivity contribution in [3.63, 3.8) is 0 Å². The Bertz CT molecular complexity index is 972. The number of halogens is 1. The molecule has 3 nitrogen and oxygen atoms in total. The van der Waals surface area contributed by atoms with Gasteiger partial charge in [-0.15, -0.1) is 0 Å². The van der Waals surface area contributed by atoms with Crippen molar-refractivity contribution in [3.05, 3.63) is 100 Å². The Labute approximate surface area is 161 Å². The van der Waals surface area contributed by atoms with E-state index in [1.807, 2.05) is 36.4 Å². The van der Waals surface area contributed by atoms with E-state index in [2.05, 4.69) is 63.4 Å². The first-order valence-electron chi connectivity index (χ1n) is 8.72. The fourth-order valence-corrected chi connectivity index (χ4v) is 4.08. The first kappa shape index (κ1) is 15.6. The quantitative estimate of drug-likeness (QED) is 0.547. The predicted octanol–water partition coefficient (Wildman–Crippen LogP) is 5.69. The molecule has 0 saturated heterocycles. The molecule has 0 N–H and O–H groups in total. The number of benzene rings is 3. The third-order valence-corrected chi connectivity index (χ3v) is 5.44. The van der Waals surface area contributed by atoms with Gasteiger partial charge in [0, 0.05) is 22.0 Å². The van der Waals surface area contributed by atoms with Crippen LogP contribution in [-0.2, 0) is 0 Å². The Morgan fingerprint density at radius 1 is 0.923 bits per heavy atom. The topological polar surface area (TPSA) is 24.8 Å². The van der Waals surface area contributed by atoms with Crippen LogP contribution in [0.5, 0.6) is 5.75 Å². The van der Waals surface area contributed by atoms with Gasteiger partial charge in [-0.3, -0.25) is 0 Å². The first-order valence-corrected chi connectivity index (χ1v) is 9.51. The van der Waals surface area contributed by atoms with Gasteiger partial charge in [-0.2, -0.15) is 5.10 Å². The first-order chi connectivity index (χ1) is 12.8. The lowest BCUT2D eigenvalue weighted by Gasteiger charge is -2.38. The molecular weight excluding hydrogens is 388 g/mol. The molecule has 3 aromatic rings. The number of rotatable bonds is 2. The van der Waals surface area contributed by atoms with Gasteiger partial charge in [-0.25, -0.2) is 5.01 Å². The molecular formula is C22H17BrN2O. The molecule has 0 bridgehead atoms. The summed E-state index contributed by atoms with van der Waals surface area (Å²) in [6.07, 6.45) is 0.663. The van der Waals surface area contributed by atoms with E-state index in [0.29, 0.717) is 0 Å². The molecule has 2 atom stereocenters. The number of hydrogen-bond donors (Lipinski definition) is 0. The summed E-state index contributed by atoms with van der Waals surface area (Å²) in [5.74, 6) is 0.938. The number of nitrogens with zero attached hydrogens (tertiary/aromatic N) is 2. The normalized spacial score (nSPS) is 20.8. The molecule has 4 heteroatoms. The molecule has 5 rings (SSSR count). The van der Waals surface area contributed by atoms with Crippen LogP contribution in [0.1, 0.15) is 35.4 Å². The zero-order valence-corrected chi connectivity index (χ0v) is 15.6. The molecule has 0 radical (unpaired) electrons. The molecule has 2 aliphatic heterocycles. The lowest BCUT2D eigenvalue weighted by molar-refractivity contribution is -0.0190. The average molecular weight is 405 g/mol. The summed E-state index contributed by atoms with van der Waals surface area (Å²) in [4.78, 5) is 0. The monoisotopic (exact) mass is 404 g/mol. The van der Waals surface area contributed by atoms with Gasteiger partial charge in [-0.1, -0.05) is 76.6 Å². The van der Waals surface area contributed by atoms with Crippen LogP contribution < -0.4 is 4.74 Å². The summed E-state index contributed by atoms with van der Waals surface area (Å²) >= 11 is 3.60. The zero-order valence-electron chi connectivity index (χ0n) is 14.0. The molecule has 3 aromatic carbocycles. The van der Waals surface area contributed by atoms with Crippen molar-refractivity contribution in [1.82, 2.24) is 5.01 Å². The summed E-state index contributed by atoms with van der Waals surface area (Å²) in [6.45, 7) is 0. The lowest BCUT2D eigenvalue weighted by atomic mass is 9.96. The Hall–Kier alpha value is -2.59. The number of hydrazone groups is 1. The van der Waals surface area contributed by atoms with Gasteiger partial charge in [0.1, 0.15) is 5.75 Å². The maximum Gasteiger partial charge on any atom is 0.213 e. The molecule has 0 aliphatic carbocycles. The highest BCUT2D eigenvalue weighted by Gasteiger charge is 2.40. The van der Waals surface area contributed by atoms with Gasteiger partial charge in [0.15, 0.2) is 0 Å². The lowest BCUT2D eigenvalue weighted by Crippen LogP contribution is -2.33. The molecule has 0 fully saturated rings. The predicted molar refractivity (Wildman–Crippen MR) is 106 cm³/mol. The average Bonchev–Trinajstić information content (AvgIpc) is 3.15. The number of hydrogen-bond acceptors (Lipinski definition) is 3. The van der Waals surface area contributed by atoms with E-state index in [1.165, 1.54) is 11.1 Å². The minimum absolute atomic E-state index is 0.177. The van der Waals surface area contributed by atoms with Crippen molar-refractivity contribution in [1.29, 1.82) is 0 Å². The highest BCUT2D eigenvalue weighted by atomic mass is 79.9. The fourth-order valence-electron chi connectivity index (χ4n) is 3.70. The number of fused-ring (bicyclic) bond motifs is 3. The van der Waals surface area contributed by atoms with Crippen LogP contribution in [-0.4, -0.2) is 10.7 Å². The van der Waals surface area contributed by atoms with Crippen LogP contribution in [0.15, 0.2) is 88.4 Å². The van der Waals surface area contributed by atoms with Gasteiger partial charge in [0.25, 0.3) is 0 Å². The van der Waals surface area contributed by atoms with Crippen LogP contribution in [0, 0.1) is 0 Å². The van der Waals surface area contributed by atoms with Crippen molar-refractivity contribution in [2.45, 2.75) is 18.7 Å². The Morgan fingerprint density at radius 2 is 1.65 bits per heavy atom. The molecule has 0 saturated carbocycles. The number of ether oxygens (including phenoxy) is 1. The second-order valence-electron chi connectivity index (χ2n) is 6.58. The van der Waals surface area contributed by atoms with E-state index in [4.69, 9.17) is 9.84 Å². The van der Waals surface area contributed by atoms with Crippen LogP contribution >= 0.6 is 15.9 Å². The van der Waals surface area contributed by atoms with Crippen LogP contribution in [0.25, 0.3) is 0 Å². The summed E-state index contributed by atoms with van der Waals surface area (Å²) in [5.41, 5.74) is 4.57. The molecule has 26 heavy (non-hydrogen) atoms. The second kappa shape index (κ2) is 6.29. The van der Waals surface area contributed by atoms with E-state index in [9.17, 15) is 0 Å². The van der Waals surface area contributed by atoms with Crippen LogP contribution in [0.4, 0.5) is 0 Å². The molecule has 128 valence electrons. The Morgan fingerprint density at radius 3 is 2.42 bits per heavy atom. The van der Waals surface area contributed by atoms with E-state index < -0.39 is 0 Å². The van der Waals surface area contributed by atoms with Crippen molar-refractivity contribution >= 4 is 21.6 Å². The fraction of sp³-hybridized carbons (Fsp3) is 0.136. The molecule has 2 heterocycles. The van der Waals surface area contributed by atoms with Crippen molar-refractivity contribution < 1.29 is 4.74 Å². The summed E-state index contributed by atoms with van der Waals surface area (Å²) in [7, 11) is 0. The maximum atomic E-state index is 6.37. The van der Waals surface area contributed by atoms with E-state index in [1.54, 1.807) is 0 Å². The smallest absolute Gasteiger partial charge is 0.213 e. The van der Waals surface area contributed by atoms with Gasteiger partial charge in [0.2, 0.25) is 6.23 Å². The SMILES string of the molecule is Brc1ccc2c(c1)[C@H]1CC(c3ccccc3)=NN1[C@H](c1ccccc1)O2. The van der Waals surface area contributed by atoms with Crippen molar-refractivity contribution in [2.24, 2.45) is 5.10 Å².